The van der Waals surface area contributed by atoms with Gasteiger partial charge in [0.1, 0.15) is 5.78 Å². The predicted molar refractivity (Wildman–Crippen MR) is 119 cm³/mol. The average molecular weight is 426 g/mol. The molecule has 0 spiro atoms. The summed E-state index contributed by atoms with van der Waals surface area (Å²) < 4.78 is 7.65. The molecule has 1 aromatic heterocycles. The molecular formula is C26H35NO4. The van der Waals surface area contributed by atoms with Gasteiger partial charge in [-0.2, -0.15) is 0 Å². The van der Waals surface area contributed by atoms with Crippen LogP contribution in [0.3, 0.4) is 0 Å². The first-order chi connectivity index (χ1) is 14.9. The van der Waals surface area contributed by atoms with Gasteiger partial charge in [-0.25, -0.2) is 0 Å². The molecule has 0 aromatic carbocycles. The molecule has 0 saturated heterocycles. The summed E-state index contributed by atoms with van der Waals surface area (Å²) in [6, 6.07) is 1.92. The van der Waals surface area contributed by atoms with E-state index in [2.05, 4.69) is 10.6 Å². The van der Waals surface area contributed by atoms with Crippen molar-refractivity contribution in [2.24, 2.45) is 17.8 Å². The minimum atomic E-state index is -0.309. The highest BCUT2D eigenvalue weighted by Crippen LogP contribution is 2.40. The summed E-state index contributed by atoms with van der Waals surface area (Å²) >= 11 is 0. The highest BCUT2D eigenvalue weighted by molar-refractivity contribution is 5.99. The number of fused-ring (bicyclic) bond motifs is 2. The summed E-state index contributed by atoms with van der Waals surface area (Å²) in [4.78, 5) is 37.7. The molecule has 2 fully saturated rings. The first-order valence-corrected chi connectivity index (χ1v) is 12.0. The van der Waals surface area contributed by atoms with Crippen LogP contribution in [-0.2, 0) is 20.9 Å². The number of carbonyl (C=O) groups is 3. The number of hydrogen-bond donors (Lipinski definition) is 0. The molecule has 5 nitrogen and oxygen atoms in total. The Hall–Kier alpha value is -2.17. The maximum atomic E-state index is 12.8. The zero-order valence-corrected chi connectivity index (χ0v) is 19.0. The fourth-order valence-electron chi connectivity index (χ4n) is 5.82. The second kappa shape index (κ2) is 9.54. The molecular weight excluding hydrogens is 390 g/mol. The van der Waals surface area contributed by atoms with Gasteiger partial charge in [0.15, 0.2) is 6.61 Å². The molecule has 0 unspecified atom stereocenters. The van der Waals surface area contributed by atoms with Crippen LogP contribution in [0.1, 0.15) is 86.0 Å². The molecule has 2 bridgehead atoms. The van der Waals surface area contributed by atoms with E-state index in [1.165, 1.54) is 31.3 Å². The Morgan fingerprint density at radius 1 is 1.10 bits per heavy atom. The number of nitrogens with zero attached hydrogens (tertiary/aromatic N) is 1. The van der Waals surface area contributed by atoms with E-state index in [0.29, 0.717) is 24.2 Å². The lowest BCUT2D eigenvalue weighted by molar-refractivity contribution is -0.152. The molecule has 0 amide bonds. The van der Waals surface area contributed by atoms with E-state index in [1.54, 1.807) is 0 Å². The molecule has 1 aromatic rings. The Morgan fingerprint density at radius 2 is 1.84 bits per heavy atom. The first kappa shape index (κ1) is 22.0. The number of hydrogen-bond acceptors (Lipinski definition) is 4. The van der Waals surface area contributed by atoms with Crippen molar-refractivity contribution < 1.29 is 19.1 Å². The highest BCUT2D eigenvalue weighted by Gasteiger charge is 2.41. The second-order valence-corrected chi connectivity index (χ2v) is 9.72. The number of Topliss-reactive ketones (excluding diaryl/α,β-unsaturated/α-hetero) is 2. The van der Waals surface area contributed by atoms with Gasteiger partial charge in [0.2, 0.25) is 5.78 Å². The summed E-state index contributed by atoms with van der Waals surface area (Å²) in [6.45, 7) is 4.68. The number of esters is 1. The first-order valence-electron chi connectivity index (χ1n) is 12.0. The molecule has 0 radical (unpaired) electrons. The van der Waals surface area contributed by atoms with Gasteiger partial charge in [-0.15, -0.1) is 0 Å². The Bertz CT molecular complexity index is 877. The lowest BCUT2D eigenvalue weighted by atomic mass is 9.67. The maximum absolute atomic E-state index is 12.8. The zero-order chi connectivity index (χ0) is 22.0. The summed E-state index contributed by atoms with van der Waals surface area (Å²) in [5.41, 5.74) is 4.20. The monoisotopic (exact) mass is 425 g/mol. The lowest BCUT2D eigenvalue weighted by Crippen LogP contribution is -2.39. The topological polar surface area (TPSA) is 65.4 Å². The van der Waals surface area contributed by atoms with E-state index in [4.69, 9.17) is 4.74 Å². The molecule has 3 aliphatic rings. The van der Waals surface area contributed by atoms with Crippen LogP contribution in [0, 0.1) is 31.6 Å². The Kier molecular flexibility index (Phi) is 6.78. The molecule has 5 heteroatoms. The van der Waals surface area contributed by atoms with Gasteiger partial charge >= 0.3 is 5.97 Å². The lowest BCUT2D eigenvalue weighted by Gasteiger charge is -2.36. The number of carbonyl (C=O) groups excluding carboxylic acids is 3. The molecule has 168 valence electrons. The van der Waals surface area contributed by atoms with Crippen LogP contribution in [0.2, 0.25) is 0 Å². The quantitative estimate of drug-likeness (QED) is 0.346. The fraction of sp³-hybridized carbons (Fsp3) is 0.654. The number of ether oxygens (including phenoxy) is 1. The number of ketones is 2. The number of allylic oxidation sites excluding steroid dienone is 2. The third kappa shape index (κ3) is 4.86. The summed E-state index contributed by atoms with van der Waals surface area (Å²) in [5, 5.41) is 0. The van der Waals surface area contributed by atoms with Gasteiger partial charge in [0.05, 0.1) is 5.92 Å². The second-order valence-electron chi connectivity index (χ2n) is 9.72. The summed E-state index contributed by atoms with van der Waals surface area (Å²) in [7, 11) is 0. The minimum Gasteiger partial charge on any atom is -0.457 e. The van der Waals surface area contributed by atoms with Gasteiger partial charge < -0.3 is 9.30 Å². The van der Waals surface area contributed by atoms with Crippen LogP contribution in [0.4, 0.5) is 0 Å². The van der Waals surface area contributed by atoms with Gasteiger partial charge in [0.25, 0.3) is 0 Å². The van der Waals surface area contributed by atoms with Crippen molar-refractivity contribution in [2.75, 3.05) is 6.61 Å². The van der Waals surface area contributed by atoms with E-state index in [0.717, 1.165) is 43.6 Å². The van der Waals surface area contributed by atoms with Crippen LogP contribution in [0.5, 0.6) is 0 Å². The van der Waals surface area contributed by atoms with Crippen molar-refractivity contribution in [2.45, 2.75) is 84.6 Å². The van der Waals surface area contributed by atoms with Crippen molar-refractivity contribution in [3.8, 4) is 0 Å². The molecule has 1 heterocycles. The standard InChI is InChI=1S/C26H35NO4/c1-17-13-23(18(2)27(17)12-11-19-7-4-3-5-8-19)24(28)16-31-26(30)22-14-20-9-6-10-21(15-22)25(20)29/h7,13,20-22H,3-6,8-12,14-16H2,1-2H3/t20-,21-/m0/s1. The molecule has 4 rings (SSSR count). The Morgan fingerprint density at radius 3 is 2.52 bits per heavy atom. The van der Waals surface area contributed by atoms with Crippen LogP contribution >= 0.6 is 0 Å². The fourth-order valence-corrected chi connectivity index (χ4v) is 5.82. The molecule has 0 aliphatic heterocycles. The van der Waals surface area contributed by atoms with Crippen molar-refractivity contribution in [3.05, 3.63) is 34.7 Å². The van der Waals surface area contributed by atoms with Gasteiger partial charge in [-0.1, -0.05) is 18.1 Å². The van der Waals surface area contributed by atoms with Crippen LogP contribution in [0.15, 0.2) is 17.7 Å². The van der Waals surface area contributed by atoms with Crippen molar-refractivity contribution in [1.29, 1.82) is 0 Å². The van der Waals surface area contributed by atoms with Crippen LogP contribution < -0.4 is 0 Å². The van der Waals surface area contributed by atoms with E-state index in [1.807, 2.05) is 19.9 Å². The average Bonchev–Trinajstić information content (AvgIpc) is 3.04. The zero-order valence-electron chi connectivity index (χ0n) is 19.0. The van der Waals surface area contributed by atoms with Crippen molar-refractivity contribution in [3.63, 3.8) is 0 Å². The van der Waals surface area contributed by atoms with Gasteiger partial charge in [0, 0.05) is 35.3 Å². The Labute approximate surface area is 185 Å². The van der Waals surface area contributed by atoms with Gasteiger partial charge in [-0.3, -0.25) is 14.4 Å². The number of aromatic nitrogens is 1. The molecule has 31 heavy (non-hydrogen) atoms. The predicted octanol–water partition coefficient (Wildman–Crippen LogP) is 5.12. The molecule has 2 saturated carbocycles. The largest absolute Gasteiger partial charge is 0.457 e. The van der Waals surface area contributed by atoms with E-state index in [9.17, 15) is 14.4 Å². The smallest absolute Gasteiger partial charge is 0.309 e. The normalized spacial score (nSPS) is 25.8. The van der Waals surface area contributed by atoms with E-state index in [-0.39, 0.29) is 36.1 Å². The van der Waals surface area contributed by atoms with E-state index < -0.39 is 0 Å². The Balaban J connectivity index is 1.33. The SMILES string of the molecule is Cc1cc(C(=O)COC(=O)C2C[C@@H]3CCC[C@@H](C2)C3=O)c(C)n1CCC1=CCCCC1. The summed E-state index contributed by atoms with van der Waals surface area (Å²) in [5.74, 6) is -0.329. The number of rotatable bonds is 7. The third-order valence-electron chi connectivity index (χ3n) is 7.64. The molecule has 2 atom stereocenters. The van der Waals surface area contributed by atoms with Gasteiger partial charge in [-0.05, 0) is 77.7 Å². The summed E-state index contributed by atoms with van der Waals surface area (Å²) in [6.07, 6.45) is 12.4. The van der Waals surface area contributed by atoms with Crippen molar-refractivity contribution >= 4 is 17.5 Å². The van der Waals surface area contributed by atoms with E-state index >= 15 is 0 Å². The maximum Gasteiger partial charge on any atom is 0.309 e. The van der Waals surface area contributed by atoms with Crippen LogP contribution in [0.25, 0.3) is 0 Å². The minimum absolute atomic E-state index is 0.0129. The molecule has 3 aliphatic carbocycles. The third-order valence-corrected chi connectivity index (χ3v) is 7.64. The molecule has 0 N–H and O–H groups in total. The number of aryl methyl sites for hydroxylation is 1. The van der Waals surface area contributed by atoms with Crippen molar-refractivity contribution in [1.82, 2.24) is 4.57 Å². The van der Waals surface area contributed by atoms with Crippen LogP contribution in [-0.4, -0.2) is 28.7 Å². The highest BCUT2D eigenvalue weighted by atomic mass is 16.5.